The molecule has 1 aromatic rings. The minimum absolute atomic E-state index is 0.123. The molecule has 80 valence electrons. The molecule has 1 atom stereocenters. The Morgan fingerprint density at radius 3 is 2.40 bits per heavy atom. The molecule has 0 saturated carbocycles. The number of carbonyl (C=O) groups excluding carboxylic acids is 1. The first-order valence-corrected chi connectivity index (χ1v) is 5.54. The first-order valence-electron chi connectivity index (χ1n) is 5.54. The Hall–Kier alpha value is -1.31. The van der Waals surface area contributed by atoms with Crippen LogP contribution in [0.4, 0.5) is 0 Å². The van der Waals surface area contributed by atoms with Gasteiger partial charge < -0.3 is 5.32 Å². The number of hydrogen-bond acceptors (Lipinski definition) is 1. The van der Waals surface area contributed by atoms with E-state index in [1.807, 2.05) is 0 Å². The van der Waals surface area contributed by atoms with Crippen molar-refractivity contribution in [3.05, 3.63) is 35.4 Å². The summed E-state index contributed by atoms with van der Waals surface area (Å²) >= 11 is 0. The van der Waals surface area contributed by atoms with Gasteiger partial charge in [-0.15, -0.1) is 0 Å². The van der Waals surface area contributed by atoms with E-state index in [1.165, 1.54) is 17.5 Å². The van der Waals surface area contributed by atoms with Gasteiger partial charge in [-0.05, 0) is 24.5 Å². The van der Waals surface area contributed by atoms with Gasteiger partial charge in [-0.3, -0.25) is 4.79 Å². The number of hydrogen-bond donors (Lipinski definition) is 1. The van der Waals surface area contributed by atoms with Gasteiger partial charge in [-0.1, -0.05) is 37.6 Å². The summed E-state index contributed by atoms with van der Waals surface area (Å²) in [4.78, 5) is 10.9. The molecule has 1 unspecified atom stereocenters. The van der Waals surface area contributed by atoms with Crippen molar-refractivity contribution in [3.63, 3.8) is 0 Å². The standard InChI is InChI=1S/C13H17NO/c1-3-4-10-5-7-11(8-6-10)13(2)9-12(15)14-13/h5-8H,3-4,9H2,1-2H3,(H,14,15). The van der Waals surface area contributed by atoms with Crippen LogP contribution < -0.4 is 5.32 Å². The minimum atomic E-state index is -0.123. The lowest BCUT2D eigenvalue weighted by Gasteiger charge is -2.39. The molecule has 1 aromatic carbocycles. The van der Waals surface area contributed by atoms with E-state index in [-0.39, 0.29) is 11.4 Å². The van der Waals surface area contributed by atoms with E-state index in [4.69, 9.17) is 0 Å². The fraction of sp³-hybridized carbons (Fsp3) is 0.462. The number of carbonyl (C=O) groups is 1. The fourth-order valence-corrected chi connectivity index (χ4v) is 2.11. The van der Waals surface area contributed by atoms with Gasteiger partial charge in [-0.2, -0.15) is 0 Å². The van der Waals surface area contributed by atoms with Gasteiger partial charge in [0.05, 0.1) is 12.0 Å². The second-order valence-electron chi connectivity index (χ2n) is 4.50. The van der Waals surface area contributed by atoms with Crippen molar-refractivity contribution < 1.29 is 4.79 Å². The average molecular weight is 203 g/mol. The second-order valence-corrected chi connectivity index (χ2v) is 4.50. The highest BCUT2D eigenvalue weighted by atomic mass is 16.2. The smallest absolute Gasteiger partial charge is 0.223 e. The Balaban J connectivity index is 2.13. The summed E-state index contributed by atoms with van der Waals surface area (Å²) in [5, 5.41) is 2.95. The quantitative estimate of drug-likeness (QED) is 0.751. The Bertz CT molecular complexity index is 359. The Morgan fingerprint density at radius 1 is 1.33 bits per heavy atom. The monoisotopic (exact) mass is 203 g/mol. The first kappa shape index (κ1) is 10.2. The van der Waals surface area contributed by atoms with Gasteiger partial charge in [0.1, 0.15) is 0 Å². The van der Waals surface area contributed by atoms with Crippen LogP contribution in [0.2, 0.25) is 0 Å². The van der Waals surface area contributed by atoms with Crippen molar-refractivity contribution >= 4 is 5.91 Å². The van der Waals surface area contributed by atoms with Crippen LogP contribution >= 0.6 is 0 Å². The third kappa shape index (κ3) is 1.89. The van der Waals surface area contributed by atoms with Gasteiger partial charge in [0.25, 0.3) is 0 Å². The third-order valence-corrected chi connectivity index (χ3v) is 3.06. The molecule has 2 nitrogen and oxygen atoms in total. The maximum Gasteiger partial charge on any atom is 0.223 e. The summed E-state index contributed by atoms with van der Waals surface area (Å²) < 4.78 is 0. The molecule has 1 amide bonds. The van der Waals surface area contributed by atoms with E-state index in [2.05, 4.69) is 43.4 Å². The van der Waals surface area contributed by atoms with Gasteiger partial charge >= 0.3 is 0 Å². The molecule has 1 aliphatic rings. The van der Waals surface area contributed by atoms with Crippen molar-refractivity contribution in [3.8, 4) is 0 Å². The highest BCUT2D eigenvalue weighted by Gasteiger charge is 2.39. The van der Waals surface area contributed by atoms with E-state index >= 15 is 0 Å². The molecule has 0 aromatic heterocycles. The molecular formula is C13H17NO. The number of aryl methyl sites for hydroxylation is 1. The summed E-state index contributed by atoms with van der Waals surface area (Å²) in [6, 6.07) is 8.58. The number of amides is 1. The first-order chi connectivity index (χ1) is 7.14. The lowest BCUT2D eigenvalue weighted by Crippen LogP contribution is -2.56. The summed E-state index contributed by atoms with van der Waals surface area (Å²) in [5.74, 6) is 0.148. The van der Waals surface area contributed by atoms with Gasteiger partial charge in [0, 0.05) is 0 Å². The van der Waals surface area contributed by atoms with Crippen LogP contribution in [-0.4, -0.2) is 5.91 Å². The topological polar surface area (TPSA) is 29.1 Å². The van der Waals surface area contributed by atoms with Crippen LogP contribution in [0, 0.1) is 0 Å². The van der Waals surface area contributed by atoms with Crippen LogP contribution in [0.25, 0.3) is 0 Å². The van der Waals surface area contributed by atoms with E-state index in [0.29, 0.717) is 6.42 Å². The summed E-state index contributed by atoms with van der Waals surface area (Å²) in [7, 11) is 0. The lowest BCUT2D eigenvalue weighted by atomic mass is 9.82. The number of β-lactam (4-membered cyclic amide) rings is 1. The Morgan fingerprint density at radius 2 is 1.93 bits per heavy atom. The molecule has 1 saturated heterocycles. The zero-order chi connectivity index (χ0) is 10.9. The maximum atomic E-state index is 10.9. The molecule has 2 rings (SSSR count). The molecule has 0 spiro atoms. The second kappa shape index (κ2) is 3.69. The molecule has 0 aliphatic carbocycles. The molecule has 0 radical (unpaired) electrons. The largest absolute Gasteiger partial charge is 0.346 e. The predicted octanol–water partition coefficient (Wildman–Crippen LogP) is 2.37. The average Bonchev–Trinajstić information content (AvgIpc) is 2.17. The predicted molar refractivity (Wildman–Crippen MR) is 60.5 cm³/mol. The molecule has 15 heavy (non-hydrogen) atoms. The molecule has 1 fully saturated rings. The van der Waals surface area contributed by atoms with Gasteiger partial charge in [0.2, 0.25) is 5.91 Å². The molecule has 0 bridgehead atoms. The SMILES string of the molecule is CCCc1ccc(C2(C)CC(=O)N2)cc1. The summed E-state index contributed by atoms with van der Waals surface area (Å²) in [6.07, 6.45) is 2.91. The molecule has 1 heterocycles. The van der Waals surface area contributed by atoms with E-state index < -0.39 is 0 Å². The molecule has 1 N–H and O–H groups in total. The van der Waals surface area contributed by atoms with Crippen molar-refractivity contribution in [1.82, 2.24) is 5.32 Å². The number of nitrogens with one attached hydrogen (secondary N) is 1. The maximum absolute atomic E-state index is 10.9. The van der Waals surface area contributed by atoms with E-state index in [9.17, 15) is 4.79 Å². The van der Waals surface area contributed by atoms with Gasteiger partial charge in [-0.25, -0.2) is 0 Å². The van der Waals surface area contributed by atoms with E-state index in [0.717, 1.165) is 6.42 Å². The van der Waals surface area contributed by atoms with Crippen molar-refractivity contribution in [1.29, 1.82) is 0 Å². The number of rotatable bonds is 3. The van der Waals surface area contributed by atoms with Crippen LogP contribution in [0.5, 0.6) is 0 Å². The summed E-state index contributed by atoms with van der Waals surface area (Å²) in [6.45, 7) is 4.25. The summed E-state index contributed by atoms with van der Waals surface area (Å²) in [5.41, 5.74) is 2.46. The van der Waals surface area contributed by atoms with Crippen molar-refractivity contribution in [2.45, 2.75) is 38.6 Å². The zero-order valence-electron chi connectivity index (χ0n) is 9.34. The highest BCUT2D eigenvalue weighted by Crippen LogP contribution is 2.31. The van der Waals surface area contributed by atoms with Crippen molar-refractivity contribution in [2.75, 3.05) is 0 Å². The van der Waals surface area contributed by atoms with Gasteiger partial charge in [0.15, 0.2) is 0 Å². The molecule has 2 heteroatoms. The fourth-order valence-electron chi connectivity index (χ4n) is 2.11. The van der Waals surface area contributed by atoms with Crippen LogP contribution in [0.3, 0.4) is 0 Å². The Labute approximate surface area is 90.7 Å². The van der Waals surface area contributed by atoms with E-state index in [1.54, 1.807) is 0 Å². The van der Waals surface area contributed by atoms with Crippen LogP contribution in [0.15, 0.2) is 24.3 Å². The Kier molecular flexibility index (Phi) is 2.51. The normalized spacial score (nSPS) is 24.5. The van der Waals surface area contributed by atoms with Crippen LogP contribution in [-0.2, 0) is 16.8 Å². The third-order valence-electron chi connectivity index (χ3n) is 3.06. The number of benzene rings is 1. The lowest BCUT2D eigenvalue weighted by molar-refractivity contribution is -0.132. The molecular weight excluding hydrogens is 186 g/mol. The van der Waals surface area contributed by atoms with Crippen LogP contribution in [0.1, 0.15) is 37.8 Å². The zero-order valence-corrected chi connectivity index (χ0v) is 9.34. The highest BCUT2D eigenvalue weighted by molar-refractivity contribution is 5.85. The van der Waals surface area contributed by atoms with Crippen molar-refractivity contribution in [2.24, 2.45) is 0 Å². The minimum Gasteiger partial charge on any atom is -0.346 e. The molecule has 1 aliphatic heterocycles.